The third kappa shape index (κ3) is 7.14. The Hall–Kier alpha value is -3.34. The van der Waals surface area contributed by atoms with E-state index in [1.807, 2.05) is 23.1 Å². The number of amides is 4. The van der Waals surface area contributed by atoms with Gasteiger partial charge in [-0.1, -0.05) is 0 Å². The number of likely N-dealkylation sites (tertiary alicyclic amines) is 1. The van der Waals surface area contributed by atoms with Gasteiger partial charge < -0.3 is 34.2 Å². The molecule has 5 rings (SSSR count). The lowest BCUT2D eigenvalue weighted by Gasteiger charge is -2.41. The summed E-state index contributed by atoms with van der Waals surface area (Å²) in [4.78, 5) is 59.4. The van der Waals surface area contributed by atoms with Crippen LogP contribution in [-0.2, 0) is 23.9 Å². The SMILES string of the molecule is COCCCN1C(=O)C(C)(C)Oc2ccc(N(C(=O)[C@@H]3C[C@H](C(=O)NC4CCC4)CN(C(=O)OC(C)(C)C)C3)C3CC3)cc21. The van der Waals surface area contributed by atoms with E-state index in [-0.39, 0.29) is 42.9 Å². The molecule has 2 aliphatic heterocycles. The lowest BCUT2D eigenvalue weighted by atomic mass is 9.86. The zero-order chi connectivity index (χ0) is 31.8. The van der Waals surface area contributed by atoms with Gasteiger partial charge in [-0.15, -0.1) is 0 Å². The standard InChI is InChI=1S/C33H48N4O7/c1-32(2,3)44-31(41)35-19-21(28(38)34-23-9-7-10-23)17-22(20-35)29(39)37(24-11-12-24)25-13-14-27-26(18-25)36(15-8-16-42-6)30(40)33(4,5)43-27/h13-14,18,21-24H,7-12,15-17,19-20H2,1-6H3,(H,34,38)/t21-,22+/m0/s1. The van der Waals surface area contributed by atoms with Crippen LogP contribution in [0.3, 0.4) is 0 Å². The molecular weight excluding hydrogens is 564 g/mol. The van der Waals surface area contributed by atoms with Crippen LogP contribution in [0.5, 0.6) is 5.75 Å². The fourth-order valence-electron chi connectivity index (χ4n) is 6.16. The topological polar surface area (TPSA) is 118 Å². The number of rotatable bonds is 9. The van der Waals surface area contributed by atoms with Crippen molar-refractivity contribution in [3.63, 3.8) is 0 Å². The van der Waals surface area contributed by atoms with Gasteiger partial charge in [-0.3, -0.25) is 14.4 Å². The van der Waals surface area contributed by atoms with Crippen LogP contribution in [0.15, 0.2) is 18.2 Å². The summed E-state index contributed by atoms with van der Waals surface area (Å²) in [5.41, 5.74) is -0.424. The Morgan fingerprint density at radius 1 is 1.09 bits per heavy atom. The van der Waals surface area contributed by atoms with Crippen molar-refractivity contribution in [3.8, 4) is 5.75 Å². The van der Waals surface area contributed by atoms with Crippen LogP contribution in [-0.4, -0.2) is 85.4 Å². The highest BCUT2D eigenvalue weighted by molar-refractivity contribution is 6.04. The Morgan fingerprint density at radius 2 is 1.80 bits per heavy atom. The van der Waals surface area contributed by atoms with Gasteiger partial charge in [0.05, 0.1) is 17.5 Å². The number of nitrogens with zero attached hydrogens (tertiary/aromatic N) is 3. The maximum Gasteiger partial charge on any atom is 0.410 e. The van der Waals surface area contributed by atoms with Gasteiger partial charge in [0.25, 0.3) is 5.91 Å². The van der Waals surface area contributed by atoms with Crippen molar-refractivity contribution >= 4 is 35.2 Å². The first kappa shape index (κ1) is 32.1. The third-order valence-corrected chi connectivity index (χ3v) is 8.79. The molecule has 2 aliphatic carbocycles. The highest BCUT2D eigenvalue weighted by Gasteiger charge is 2.45. The summed E-state index contributed by atoms with van der Waals surface area (Å²) in [6, 6.07) is 5.73. The maximum absolute atomic E-state index is 14.4. The quantitative estimate of drug-likeness (QED) is 0.414. The third-order valence-electron chi connectivity index (χ3n) is 8.79. The molecule has 11 heteroatoms. The Kier molecular flexibility index (Phi) is 9.16. The molecule has 0 radical (unpaired) electrons. The molecule has 11 nitrogen and oxygen atoms in total. The van der Waals surface area contributed by atoms with Crippen molar-refractivity contribution in [2.75, 3.05) is 43.2 Å². The lowest BCUT2D eigenvalue weighted by Crippen LogP contribution is -2.55. The number of methoxy groups -OCH3 is 1. The molecular formula is C33H48N4O7. The number of hydrogen-bond donors (Lipinski definition) is 1. The average Bonchev–Trinajstić information content (AvgIpc) is 3.77. The van der Waals surface area contributed by atoms with Crippen molar-refractivity contribution in [1.82, 2.24) is 10.2 Å². The Bertz CT molecular complexity index is 1270. The van der Waals surface area contributed by atoms with Gasteiger partial charge in [0.2, 0.25) is 11.8 Å². The second-order valence-electron chi connectivity index (χ2n) is 14.2. The van der Waals surface area contributed by atoms with E-state index in [9.17, 15) is 19.2 Å². The van der Waals surface area contributed by atoms with E-state index in [1.54, 1.807) is 46.6 Å². The van der Waals surface area contributed by atoms with E-state index in [0.717, 1.165) is 32.1 Å². The van der Waals surface area contributed by atoms with Crippen LogP contribution in [0, 0.1) is 11.8 Å². The Labute approximate surface area is 260 Å². The molecule has 0 unspecified atom stereocenters. The monoisotopic (exact) mass is 612 g/mol. The normalized spacial score (nSPS) is 23.3. The van der Waals surface area contributed by atoms with Crippen LogP contribution in [0.25, 0.3) is 0 Å². The molecule has 44 heavy (non-hydrogen) atoms. The van der Waals surface area contributed by atoms with Gasteiger partial charge in [0.1, 0.15) is 11.4 Å². The molecule has 0 bridgehead atoms. The number of benzene rings is 1. The van der Waals surface area contributed by atoms with Crippen molar-refractivity contribution in [3.05, 3.63) is 18.2 Å². The van der Waals surface area contributed by atoms with Gasteiger partial charge in [-0.25, -0.2) is 4.79 Å². The van der Waals surface area contributed by atoms with Gasteiger partial charge in [0, 0.05) is 51.1 Å². The molecule has 2 heterocycles. The lowest BCUT2D eigenvalue weighted by molar-refractivity contribution is -0.133. The molecule has 4 aliphatic rings. The van der Waals surface area contributed by atoms with Crippen LogP contribution in [0.4, 0.5) is 16.2 Å². The van der Waals surface area contributed by atoms with Crippen molar-refractivity contribution < 1.29 is 33.4 Å². The van der Waals surface area contributed by atoms with Gasteiger partial charge in [-0.05, 0) is 97.8 Å². The van der Waals surface area contributed by atoms with Crippen LogP contribution >= 0.6 is 0 Å². The minimum atomic E-state index is -1.02. The molecule has 3 fully saturated rings. The van der Waals surface area contributed by atoms with E-state index in [1.165, 1.54) is 4.90 Å². The number of anilines is 2. The summed E-state index contributed by atoms with van der Waals surface area (Å²) in [7, 11) is 1.63. The van der Waals surface area contributed by atoms with E-state index < -0.39 is 29.1 Å². The summed E-state index contributed by atoms with van der Waals surface area (Å²) in [6.45, 7) is 10.3. The summed E-state index contributed by atoms with van der Waals surface area (Å²) in [6.07, 6.45) is 5.20. The van der Waals surface area contributed by atoms with Gasteiger partial charge in [0.15, 0.2) is 5.60 Å². The Morgan fingerprint density at radius 3 is 2.41 bits per heavy atom. The number of carbonyl (C=O) groups excluding carboxylic acids is 4. The van der Waals surface area contributed by atoms with Crippen molar-refractivity contribution in [2.24, 2.45) is 11.8 Å². The summed E-state index contributed by atoms with van der Waals surface area (Å²) in [5.74, 6) is -0.905. The molecule has 1 aromatic carbocycles. The van der Waals surface area contributed by atoms with E-state index in [0.29, 0.717) is 43.1 Å². The molecule has 0 spiro atoms. The molecule has 2 saturated carbocycles. The zero-order valence-corrected chi connectivity index (χ0v) is 27.0. The smallest absolute Gasteiger partial charge is 0.410 e. The molecule has 1 saturated heterocycles. The first-order valence-corrected chi connectivity index (χ1v) is 16.0. The first-order valence-electron chi connectivity index (χ1n) is 16.0. The minimum Gasteiger partial charge on any atom is -0.476 e. The van der Waals surface area contributed by atoms with Crippen LogP contribution in [0.2, 0.25) is 0 Å². The second-order valence-corrected chi connectivity index (χ2v) is 14.2. The zero-order valence-electron chi connectivity index (χ0n) is 27.0. The first-order chi connectivity index (χ1) is 20.8. The largest absolute Gasteiger partial charge is 0.476 e. The van der Waals surface area contributed by atoms with E-state index in [2.05, 4.69) is 5.32 Å². The van der Waals surface area contributed by atoms with Crippen LogP contribution in [0.1, 0.15) is 79.6 Å². The number of nitrogens with one attached hydrogen (secondary N) is 1. The predicted molar refractivity (Wildman–Crippen MR) is 166 cm³/mol. The van der Waals surface area contributed by atoms with Gasteiger partial charge >= 0.3 is 6.09 Å². The number of hydrogen-bond acceptors (Lipinski definition) is 7. The fourth-order valence-corrected chi connectivity index (χ4v) is 6.16. The summed E-state index contributed by atoms with van der Waals surface area (Å²) >= 11 is 0. The second kappa shape index (κ2) is 12.6. The molecule has 242 valence electrons. The highest BCUT2D eigenvalue weighted by Crippen LogP contribution is 2.43. The molecule has 1 aromatic rings. The average molecular weight is 613 g/mol. The van der Waals surface area contributed by atoms with Crippen LogP contribution < -0.4 is 19.9 Å². The van der Waals surface area contributed by atoms with E-state index in [4.69, 9.17) is 14.2 Å². The van der Waals surface area contributed by atoms with E-state index >= 15 is 0 Å². The minimum absolute atomic E-state index is 0.0123. The molecule has 2 atom stereocenters. The summed E-state index contributed by atoms with van der Waals surface area (Å²) < 4.78 is 17.0. The summed E-state index contributed by atoms with van der Waals surface area (Å²) in [5, 5.41) is 3.12. The van der Waals surface area contributed by atoms with Crippen molar-refractivity contribution in [1.29, 1.82) is 0 Å². The highest BCUT2D eigenvalue weighted by atomic mass is 16.6. The number of piperidine rings is 1. The number of fused-ring (bicyclic) bond motifs is 1. The maximum atomic E-state index is 14.4. The molecule has 0 aromatic heterocycles. The molecule has 1 N–H and O–H groups in total. The predicted octanol–water partition coefficient (Wildman–Crippen LogP) is 4.26. The fraction of sp³-hybridized carbons (Fsp3) is 0.697. The van der Waals surface area contributed by atoms with Crippen molar-refractivity contribution in [2.45, 2.75) is 103 Å². The Balaban J connectivity index is 1.42. The van der Waals surface area contributed by atoms with Gasteiger partial charge in [-0.2, -0.15) is 0 Å². The number of carbonyl (C=O) groups is 4. The molecule has 4 amide bonds. The number of ether oxygens (including phenoxy) is 3.